The number of fused-ring (bicyclic) bond motifs is 4. The van der Waals surface area contributed by atoms with Crippen LogP contribution in [-0.2, 0) is 37.9 Å². The molecule has 0 amide bonds. The lowest BCUT2D eigenvalue weighted by Crippen LogP contribution is -2.68. The molecule has 10 N–H and O–H groups in total. The molecular weight excluding hydrogens is 865 g/mol. The molecule has 4 saturated carbocycles. The molecule has 5 saturated heterocycles. The zero-order chi connectivity index (χ0) is 47.8. The number of allylic oxidation sites excluding steroid dienone is 1. The molecule has 9 rings (SSSR count). The van der Waals surface area contributed by atoms with Crippen molar-refractivity contribution < 1.29 is 89.0 Å². The molecule has 378 valence electrons. The van der Waals surface area contributed by atoms with E-state index in [0.29, 0.717) is 25.4 Å². The lowest BCUT2D eigenvalue weighted by atomic mass is 9.35. The van der Waals surface area contributed by atoms with Gasteiger partial charge in [-0.05, 0) is 107 Å². The van der Waals surface area contributed by atoms with Gasteiger partial charge in [-0.1, -0.05) is 39.3 Å². The van der Waals surface area contributed by atoms with Crippen LogP contribution in [0.15, 0.2) is 11.6 Å². The van der Waals surface area contributed by atoms with Crippen LogP contribution < -0.4 is 0 Å². The molecule has 5 heterocycles. The standard InChI is InChI=1S/C48H78O18/c1-21(2)9-12-29-46(8,58)39-23-10-11-27-44(6)15-14-28(43(4,5)26(44)13-16-45(27,7)47(23)19-48(39,66-29)59-20-47)63-42-38(65-40-35(56)33(54)30(51)22(3)60-40)37(32(53)25(18-50)62-42)64-41-36(57)34(55)31(52)24(17-49)61-41/h9,22-42,49-58H,10-20H2,1-8H3. The van der Waals surface area contributed by atoms with Gasteiger partial charge in [0.15, 0.2) is 24.7 Å². The number of hydrogen-bond donors (Lipinski definition) is 10. The Balaban J connectivity index is 0.986. The predicted octanol–water partition coefficient (Wildman–Crippen LogP) is 0.355. The van der Waals surface area contributed by atoms with Crippen LogP contribution in [-0.4, -0.2) is 187 Å². The number of rotatable bonds is 10. The molecule has 18 nitrogen and oxygen atoms in total. The summed E-state index contributed by atoms with van der Waals surface area (Å²) in [6, 6.07) is 0. The van der Waals surface area contributed by atoms with Crippen LogP contribution in [0.3, 0.4) is 0 Å². The van der Waals surface area contributed by atoms with Gasteiger partial charge in [0.25, 0.3) is 0 Å². The van der Waals surface area contributed by atoms with Crippen molar-refractivity contribution in [3.63, 3.8) is 0 Å². The molecule has 9 fully saturated rings. The van der Waals surface area contributed by atoms with Gasteiger partial charge in [-0.3, -0.25) is 0 Å². The van der Waals surface area contributed by atoms with Crippen molar-refractivity contribution in [3.8, 4) is 0 Å². The van der Waals surface area contributed by atoms with Crippen molar-refractivity contribution >= 4 is 0 Å². The topological polar surface area (TPSA) is 276 Å². The van der Waals surface area contributed by atoms with E-state index in [1.807, 2.05) is 6.92 Å². The van der Waals surface area contributed by atoms with E-state index < -0.39 is 128 Å². The zero-order valence-corrected chi connectivity index (χ0v) is 39.7. The summed E-state index contributed by atoms with van der Waals surface area (Å²) in [6.45, 7) is 16.1. The number of ether oxygens (including phenoxy) is 8. The third-order valence-electron chi connectivity index (χ3n) is 19.3. The van der Waals surface area contributed by atoms with Crippen LogP contribution in [0.4, 0.5) is 0 Å². The zero-order valence-electron chi connectivity index (χ0n) is 39.7. The van der Waals surface area contributed by atoms with Crippen LogP contribution >= 0.6 is 0 Å². The van der Waals surface area contributed by atoms with Gasteiger partial charge in [0.2, 0.25) is 0 Å². The van der Waals surface area contributed by atoms with Gasteiger partial charge in [0, 0.05) is 17.8 Å². The average molecular weight is 943 g/mol. The van der Waals surface area contributed by atoms with Crippen molar-refractivity contribution in [2.45, 2.75) is 222 Å². The van der Waals surface area contributed by atoms with Crippen molar-refractivity contribution in [2.75, 3.05) is 19.8 Å². The Labute approximate surface area is 387 Å². The molecule has 0 radical (unpaired) electrons. The Hall–Kier alpha value is -0.980. The van der Waals surface area contributed by atoms with Crippen LogP contribution in [0.1, 0.15) is 107 Å². The predicted molar refractivity (Wildman–Crippen MR) is 229 cm³/mol. The first kappa shape index (κ1) is 50.0. The smallest absolute Gasteiger partial charge is 0.187 e. The van der Waals surface area contributed by atoms with Crippen LogP contribution in [0.25, 0.3) is 0 Å². The summed E-state index contributed by atoms with van der Waals surface area (Å²) in [7, 11) is 0. The van der Waals surface area contributed by atoms with Crippen LogP contribution in [0, 0.1) is 45.3 Å². The van der Waals surface area contributed by atoms with Crippen molar-refractivity contribution in [2.24, 2.45) is 45.3 Å². The van der Waals surface area contributed by atoms with Crippen molar-refractivity contribution in [1.29, 1.82) is 0 Å². The summed E-state index contributed by atoms with van der Waals surface area (Å²) >= 11 is 0. The second-order valence-corrected chi connectivity index (χ2v) is 23.3. The SMILES string of the molecule is CC(C)=CCC1OC23CC4(CO2)C(CCC2C5(C)CCC(OC6OC(CO)C(O)C(OC7OC(CO)C(O)C(O)C7O)C6OC6OC(C)C(O)C(O)C6O)C(C)(C)C5CCC24C)C3C1(C)O. The second kappa shape index (κ2) is 17.4. The first-order valence-electron chi connectivity index (χ1n) is 24.5. The molecule has 26 atom stereocenters. The molecule has 9 aliphatic rings. The van der Waals surface area contributed by atoms with Gasteiger partial charge in [-0.15, -0.1) is 0 Å². The maximum absolute atomic E-state index is 12.3. The summed E-state index contributed by atoms with van der Waals surface area (Å²) < 4.78 is 51.1. The van der Waals surface area contributed by atoms with E-state index in [9.17, 15) is 51.1 Å². The fourth-order valence-electron chi connectivity index (χ4n) is 15.9. The van der Waals surface area contributed by atoms with Gasteiger partial charge >= 0.3 is 0 Å². The Morgan fingerprint density at radius 2 is 1.29 bits per heavy atom. The summed E-state index contributed by atoms with van der Waals surface area (Å²) in [5, 5.41) is 109. The minimum atomic E-state index is -1.86. The van der Waals surface area contributed by atoms with Crippen molar-refractivity contribution in [3.05, 3.63) is 11.6 Å². The highest BCUT2D eigenvalue weighted by molar-refractivity contribution is 5.28. The fraction of sp³-hybridized carbons (Fsp3) is 0.958. The largest absolute Gasteiger partial charge is 0.394 e. The highest BCUT2D eigenvalue weighted by atomic mass is 16.8. The van der Waals surface area contributed by atoms with Gasteiger partial charge < -0.3 is 89.0 Å². The normalized spacial score (nSPS) is 57.4. The molecule has 66 heavy (non-hydrogen) atoms. The summed E-state index contributed by atoms with van der Waals surface area (Å²) in [5.74, 6) is -0.143. The first-order chi connectivity index (χ1) is 30.9. The van der Waals surface area contributed by atoms with Gasteiger partial charge in [0.1, 0.15) is 67.1 Å². The summed E-state index contributed by atoms with van der Waals surface area (Å²) in [6.07, 6.45) is -15.6. The minimum Gasteiger partial charge on any atom is -0.394 e. The van der Waals surface area contributed by atoms with E-state index in [1.54, 1.807) is 0 Å². The molecule has 0 aromatic carbocycles. The molecule has 2 bridgehead atoms. The van der Waals surface area contributed by atoms with E-state index in [4.69, 9.17) is 37.9 Å². The third kappa shape index (κ3) is 7.32. The monoisotopic (exact) mass is 943 g/mol. The number of aliphatic hydroxyl groups is 10. The maximum Gasteiger partial charge on any atom is 0.187 e. The lowest BCUT2D eigenvalue weighted by molar-refractivity contribution is -0.398. The van der Waals surface area contributed by atoms with E-state index in [1.165, 1.54) is 12.5 Å². The van der Waals surface area contributed by atoms with Gasteiger partial charge in [0.05, 0.1) is 43.7 Å². The summed E-state index contributed by atoms with van der Waals surface area (Å²) in [4.78, 5) is 0. The maximum atomic E-state index is 12.3. The Bertz CT molecular complexity index is 1790. The molecular formula is C48H78O18. The van der Waals surface area contributed by atoms with Gasteiger partial charge in [-0.2, -0.15) is 0 Å². The average Bonchev–Trinajstić information content (AvgIpc) is 3.87. The van der Waals surface area contributed by atoms with E-state index in [0.717, 1.165) is 38.5 Å². The third-order valence-corrected chi connectivity index (χ3v) is 19.3. The lowest BCUT2D eigenvalue weighted by Gasteiger charge is -2.70. The highest BCUT2D eigenvalue weighted by Gasteiger charge is 2.82. The molecule has 2 spiro atoms. The second-order valence-electron chi connectivity index (χ2n) is 23.3. The van der Waals surface area contributed by atoms with Gasteiger partial charge in [-0.25, -0.2) is 0 Å². The fourth-order valence-corrected chi connectivity index (χ4v) is 15.9. The Morgan fingerprint density at radius 1 is 0.667 bits per heavy atom. The molecule has 18 heteroatoms. The quantitative estimate of drug-likeness (QED) is 0.105. The molecule has 26 unspecified atom stereocenters. The van der Waals surface area contributed by atoms with E-state index in [-0.39, 0.29) is 40.1 Å². The van der Waals surface area contributed by atoms with E-state index in [2.05, 4.69) is 47.6 Å². The first-order valence-corrected chi connectivity index (χ1v) is 24.5. The molecule has 4 aliphatic carbocycles. The Morgan fingerprint density at radius 3 is 1.95 bits per heavy atom. The molecule has 0 aromatic rings. The van der Waals surface area contributed by atoms with Crippen LogP contribution in [0.2, 0.25) is 0 Å². The number of hydrogen-bond acceptors (Lipinski definition) is 18. The minimum absolute atomic E-state index is 0.0887. The van der Waals surface area contributed by atoms with Crippen LogP contribution in [0.5, 0.6) is 0 Å². The summed E-state index contributed by atoms with van der Waals surface area (Å²) in [5.41, 5.74) is -0.692. The molecule has 5 aliphatic heterocycles. The molecule has 0 aromatic heterocycles. The Kier molecular flexibility index (Phi) is 13.1. The number of aliphatic hydroxyl groups excluding tert-OH is 9. The van der Waals surface area contributed by atoms with E-state index >= 15 is 0 Å². The van der Waals surface area contributed by atoms with Crippen molar-refractivity contribution in [1.82, 2.24) is 0 Å². The highest BCUT2D eigenvalue weighted by Crippen LogP contribution is 2.81.